The number of hydrogen-bond donors (Lipinski definition) is 2. The predicted molar refractivity (Wildman–Crippen MR) is 63.5 cm³/mol. The van der Waals surface area contributed by atoms with Gasteiger partial charge in [0.2, 0.25) is 0 Å². The van der Waals surface area contributed by atoms with E-state index in [-0.39, 0.29) is 5.03 Å². The lowest BCUT2D eigenvalue weighted by molar-refractivity contribution is -0.469. The first kappa shape index (κ1) is 12.7. The van der Waals surface area contributed by atoms with Crippen LogP contribution >= 0.6 is 23.2 Å². The molecule has 0 aliphatic rings. The summed E-state index contributed by atoms with van der Waals surface area (Å²) in [5, 5.41) is 8.12. The average Bonchev–Trinajstić information content (AvgIpc) is 2.29. The highest BCUT2D eigenvalue weighted by Gasteiger charge is 2.09. The lowest BCUT2D eigenvalue weighted by atomic mass is 10.2. The SMILES string of the molecule is O=C(O)/C(Cl)=C(/Cl)C=[NH+]Cc1ccccc1. The Balaban J connectivity index is 2.63. The number of benzene rings is 1. The summed E-state index contributed by atoms with van der Waals surface area (Å²) < 4.78 is 0. The van der Waals surface area contributed by atoms with Gasteiger partial charge in [0.15, 0.2) is 12.8 Å². The number of rotatable bonds is 4. The maximum Gasteiger partial charge on any atom is 0.349 e. The second-order valence-electron chi connectivity index (χ2n) is 2.98. The first-order chi connectivity index (χ1) is 7.61. The van der Waals surface area contributed by atoms with Crippen molar-refractivity contribution in [2.75, 3.05) is 0 Å². The van der Waals surface area contributed by atoms with Crippen molar-refractivity contribution in [3.05, 3.63) is 46.0 Å². The number of carboxylic acids is 1. The summed E-state index contributed by atoms with van der Waals surface area (Å²) in [4.78, 5) is 13.3. The number of allylic oxidation sites excluding steroid dienone is 1. The predicted octanol–water partition coefficient (Wildman–Crippen LogP) is 1.11. The topological polar surface area (TPSA) is 51.3 Å². The van der Waals surface area contributed by atoms with E-state index in [9.17, 15) is 4.79 Å². The largest absolute Gasteiger partial charge is 0.477 e. The van der Waals surface area contributed by atoms with Gasteiger partial charge in [-0.2, -0.15) is 0 Å². The van der Waals surface area contributed by atoms with Gasteiger partial charge in [-0.05, 0) is 0 Å². The molecule has 2 N–H and O–H groups in total. The summed E-state index contributed by atoms with van der Waals surface area (Å²) in [6, 6.07) is 9.63. The van der Waals surface area contributed by atoms with Crippen molar-refractivity contribution < 1.29 is 14.9 Å². The first-order valence-electron chi connectivity index (χ1n) is 4.50. The molecule has 16 heavy (non-hydrogen) atoms. The van der Waals surface area contributed by atoms with Crippen LogP contribution in [0.3, 0.4) is 0 Å². The lowest BCUT2D eigenvalue weighted by Crippen LogP contribution is -2.67. The summed E-state index contributed by atoms with van der Waals surface area (Å²) in [5.41, 5.74) is 1.06. The number of carbonyl (C=O) groups is 1. The molecule has 5 heteroatoms. The Bertz CT molecular complexity index is 427. The fraction of sp³-hybridized carbons (Fsp3) is 0.0909. The normalized spacial score (nSPS) is 12.6. The van der Waals surface area contributed by atoms with Crippen LogP contribution in [-0.2, 0) is 11.3 Å². The highest BCUT2D eigenvalue weighted by molar-refractivity contribution is 6.51. The van der Waals surface area contributed by atoms with Crippen molar-refractivity contribution in [2.24, 2.45) is 0 Å². The van der Waals surface area contributed by atoms with Gasteiger partial charge in [-0.25, -0.2) is 9.79 Å². The van der Waals surface area contributed by atoms with E-state index in [2.05, 4.69) is 4.99 Å². The van der Waals surface area contributed by atoms with Crippen molar-refractivity contribution in [3.63, 3.8) is 0 Å². The monoisotopic (exact) mass is 258 g/mol. The van der Waals surface area contributed by atoms with Gasteiger partial charge in [0, 0.05) is 5.56 Å². The fourth-order valence-electron chi connectivity index (χ4n) is 1.02. The van der Waals surface area contributed by atoms with Crippen LogP contribution in [0.5, 0.6) is 0 Å². The molecule has 0 saturated carbocycles. The molecule has 0 saturated heterocycles. The molecule has 84 valence electrons. The van der Waals surface area contributed by atoms with Gasteiger partial charge in [0.25, 0.3) is 0 Å². The molecular weight excluding hydrogens is 249 g/mol. The molecule has 3 nitrogen and oxygen atoms in total. The molecule has 0 unspecified atom stereocenters. The molecule has 0 atom stereocenters. The van der Waals surface area contributed by atoms with Gasteiger partial charge < -0.3 is 5.11 Å². The summed E-state index contributed by atoms with van der Waals surface area (Å²) in [5.74, 6) is -1.25. The van der Waals surface area contributed by atoms with Gasteiger partial charge in [0.05, 0.1) is 0 Å². The maximum absolute atomic E-state index is 10.5. The number of halogens is 2. The van der Waals surface area contributed by atoms with Gasteiger partial charge >= 0.3 is 5.97 Å². The zero-order valence-corrected chi connectivity index (χ0v) is 9.79. The Morgan fingerprint density at radius 1 is 1.31 bits per heavy atom. The van der Waals surface area contributed by atoms with Crippen molar-refractivity contribution in [3.8, 4) is 0 Å². The quantitative estimate of drug-likeness (QED) is 0.628. The molecule has 0 fully saturated rings. The van der Waals surface area contributed by atoms with Crippen molar-refractivity contribution in [1.82, 2.24) is 0 Å². The first-order valence-corrected chi connectivity index (χ1v) is 5.26. The Hall–Kier alpha value is -1.32. The molecule has 0 bridgehead atoms. The molecule has 0 aromatic heterocycles. The van der Waals surface area contributed by atoms with E-state index in [1.54, 1.807) is 0 Å². The number of hydrogen-bond acceptors (Lipinski definition) is 1. The zero-order valence-electron chi connectivity index (χ0n) is 8.28. The van der Waals surface area contributed by atoms with Crippen LogP contribution in [0.1, 0.15) is 5.56 Å². The van der Waals surface area contributed by atoms with E-state index < -0.39 is 11.0 Å². The zero-order chi connectivity index (χ0) is 12.0. The third-order valence-corrected chi connectivity index (χ3v) is 2.54. The van der Waals surface area contributed by atoms with Crippen molar-refractivity contribution >= 4 is 35.4 Å². The standard InChI is InChI=1S/C11H9Cl2NO2/c12-9(10(13)11(15)16)7-14-6-8-4-2-1-3-5-8/h1-5,7H,6H2,(H,15,16)/p+1/b10-9-,14-7?. The highest BCUT2D eigenvalue weighted by Crippen LogP contribution is 2.10. The van der Waals surface area contributed by atoms with E-state index in [1.807, 2.05) is 30.3 Å². The Kier molecular flexibility index (Phi) is 5.02. The molecule has 0 radical (unpaired) electrons. The second-order valence-corrected chi connectivity index (χ2v) is 3.76. The third kappa shape index (κ3) is 4.04. The van der Waals surface area contributed by atoms with Gasteiger partial charge in [-0.3, -0.25) is 0 Å². The minimum absolute atomic E-state index is 0.0231. The third-order valence-electron chi connectivity index (χ3n) is 1.78. The molecule has 0 aliphatic carbocycles. The summed E-state index contributed by atoms with van der Waals surface area (Å²) >= 11 is 11.1. The minimum atomic E-state index is -1.25. The Morgan fingerprint density at radius 3 is 2.50 bits per heavy atom. The van der Waals surface area contributed by atoms with Gasteiger partial charge in [-0.1, -0.05) is 53.5 Å². The lowest BCUT2D eigenvalue weighted by Gasteiger charge is -1.91. The minimum Gasteiger partial charge on any atom is -0.477 e. The summed E-state index contributed by atoms with van der Waals surface area (Å²) in [6.45, 7) is 0.556. The van der Waals surface area contributed by atoms with E-state index in [1.165, 1.54) is 6.21 Å². The summed E-state index contributed by atoms with van der Waals surface area (Å²) in [6.07, 6.45) is 1.37. The number of nitrogens with one attached hydrogen (secondary N) is 1. The van der Waals surface area contributed by atoms with E-state index in [0.717, 1.165) is 5.56 Å². The van der Waals surface area contributed by atoms with Crippen LogP contribution in [0.2, 0.25) is 0 Å². The van der Waals surface area contributed by atoms with Crippen LogP contribution in [0.25, 0.3) is 0 Å². The fourth-order valence-corrected chi connectivity index (χ4v) is 1.23. The molecule has 0 spiro atoms. The van der Waals surface area contributed by atoms with Crippen molar-refractivity contribution in [1.29, 1.82) is 0 Å². The summed E-state index contributed by atoms with van der Waals surface area (Å²) in [7, 11) is 0. The van der Waals surface area contributed by atoms with Crippen LogP contribution in [0.15, 0.2) is 40.4 Å². The van der Waals surface area contributed by atoms with Gasteiger partial charge in [0.1, 0.15) is 10.1 Å². The molecule has 0 aliphatic heterocycles. The highest BCUT2D eigenvalue weighted by atomic mass is 35.5. The van der Waals surface area contributed by atoms with E-state index >= 15 is 0 Å². The van der Waals surface area contributed by atoms with Crippen molar-refractivity contribution in [2.45, 2.75) is 6.54 Å². The second kappa shape index (κ2) is 6.30. The molecule has 0 amide bonds. The van der Waals surface area contributed by atoms with Crippen LogP contribution in [0.4, 0.5) is 0 Å². The Morgan fingerprint density at radius 2 is 1.94 bits per heavy atom. The van der Waals surface area contributed by atoms with Crippen LogP contribution < -0.4 is 4.99 Å². The molecule has 1 rings (SSSR count). The maximum atomic E-state index is 10.5. The van der Waals surface area contributed by atoms with Gasteiger partial charge in [-0.15, -0.1) is 0 Å². The number of carboxylic acid groups (broad SMARTS) is 1. The van der Waals surface area contributed by atoms with E-state index in [4.69, 9.17) is 28.3 Å². The van der Waals surface area contributed by atoms with Crippen LogP contribution in [0, 0.1) is 0 Å². The van der Waals surface area contributed by atoms with E-state index in [0.29, 0.717) is 6.54 Å². The van der Waals surface area contributed by atoms with Crippen LogP contribution in [-0.4, -0.2) is 17.3 Å². The molecule has 0 heterocycles. The molecular formula is C11H10Cl2NO2+. The number of aliphatic carboxylic acids is 1. The molecule has 1 aromatic carbocycles. The Labute approximate surface area is 103 Å². The smallest absolute Gasteiger partial charge is 0.349 e. The average molecular weight is 259 g/mol. The molecule has 1 aromatic rings.